The van der Waals surface area contributed by atoms with Gasteiger partial charge in [-0.05, 0) is 4.91 Å². The van der Waals surface area contributed by atoms with Crippen LogP contribution in [-0.2, 0) is 14.3 Å². The number of allylic oxidation sites excluding steroid dienone is 1. The molecule has 0 spiro atoms. The first-order chi connectivity index (χ1) is 5.60. The predicted octanol–water partition coefficient (Wildman–Crippen LogP) is 1.51. The molecule has 0 saturated heterocycles. The van der Waals surface area contributed by atoms with Crippen molar-refractivity contribution in [3.63, 3.8) is 0 Å². The second-order valence-electron chi connectivity index (χ2n) is 1.98. The fraction of sp³-hybridized carbons (Fsp3) is 0.250. The minimum atomic E-state index is -0.369. The molecule has 0 saturated carbocycles. The Morgan fingerprint density at radius 1 is 1.58 bits per heavy atom. The summed E-state index contributed by atoms with van der Waals surface area (Å²) in [6.07, 6.45) is 0.723. The van der Waals surface area contributed by atoms with Crippen LogP contribution in [-0.4, -0.2) is 19.4 Å². The number of carbonyl (C=O) groups excluding carboxylic acids is 2. The van der Waals surface area contributed by atoms with Crippen molar-refractivity contribution in [1.82, 2.24) is 0 Å². The third kappa shape index (κ3) is 4.73. The molecule has 0 aliphatic heterocycles. The van der Waals surface area contributed by atoms with Gasteiger partial charge in [-0.1, -0.05) is 24.9 Å². The van der Waals surface area contributed by atoms with Crippen LogP contribution in [0.25, 0.3) is 0 Å². The van der Waals surface area contributed by atoms with E-state index in [9.17, 15) is 9.59 Å². The number of ether oxygens (including phenoxy) is 1. The van der Waals surface area contributed by atoms with Crippen LogP contribution in [0.3, 0.4) is 0 Å². The number of aldehydes is 1. The lowest BCUT2D eigenvalue weighted by atomic mass is 10.4. The van der Waals surface area contributed by atoms with Crippen LogP contribution in [0.1, 0.15) is 6.42 Å². The monoisotopic (exact) mass is 186 g/mol. The maximum Gasteiger partial charge on any atom is 0.310 e. The molecule has 0 radical (unpaired) electrons. The Bertz CT molecular complexity index is 220. The number of rotatable bonds is 5. The second-order valence-corrected chi connectivity index (χ2v) is 3.28. The highest BCUT2D eigenvalue weighted by atomic mass is 32.2. The first kappa shape index (κ1) is 11.0. The van der Waals surface area contributed by atoms with Gasteiger partial charge >= 0.3 is 5.97 Å². The molecule has 0 aromatic heterocycles. The number of hydrogen-bond donors (Lipinski definition) is 0. The van der Waals surface area contributed by atoms with E-state index in [0.29, 0.717) is 16.1 Å². The number of thioether (sulfide) groups is 1. The summed E-state index contributed by atoms with van der Waals surface area (Å²) in [6.45, 7) is 7.00. The summed E-state index contributed by atoms with van der Waals surface area (Å²) in [5, 5.41) is 0. The first-order valence-corrected chi connectivity index (χ1v) is 3.98. The van der Waals surface area contributed by atoms with Gasteiger partial charge in [0.25, 0.3) is 0 Å². The molecule has 0 unspecified atom stereocenters. The van der Waals surface area contributed by atoms with Crippen molar-refractivity contribution in [2.75, 3.05) is 7.11 Å². The number of carbonyl (C=O) groups is 2. The fourth-order valence-electron chi connectivity index (χ4n) is 0.479. The lowest BCUT2D eigenvalue weighted by molar-refractivity contribution is -0.139. The van der Waals surface area contributed by atoms with Gasteiger partial charge in [0.15, 0.2) is 6.29 Å². The molecular formula is C8H10O3S. The lowest BCUT2D eigenvalue weighted by Gasteiger charge is -2.01. The molecule has 4 heteroatoms. The number of esters is 1. The summed E-state index contributed by atoms with van der Waals surface area (Å²) in [5.41, 5.74) is 0. The van der Waals surface area contributed by atoms with Gasteiger partial charge in [-0.15, -0.1) is 0 Å². The van der Waals surface area contributed by atoms with E-state index < -0.39 is 0 Å². The van der Waals surface area contributed by atoms with Crippen LogP contribution in [0.5, 0.6) is 0 Å². The highest BCUT2D eigenvalue weighted by molar-refractivity contribution is 8.07. The normalized spacial score (nSPS) is 8.75. The van der Waals surface area contributed by atoms with Gasteiger partial charge in [0.1, 0.15) is 0 Å². The zero-order valence-corrected chi connectivity index (χ0v) is 7.65. The van der Waals surface area contributed by atoms with E-state index in [1.165, 1.54) is 7.11 Å². The van der Waals surface area contributed by atoms with Gasteiger partial charge < -0.3 is 4.74 Å². The van der Waals surface area contributed by atoms with Crippen molar-refractivity contribution in [3.05, 3.63) is 23.0 Å². The summed E-state index contributed by atoms with van der Waals surface area (Å²) in [5.74, 6) is -0.369. The molecule has 0 aliphatic carbocycles. The van der Waals surface area contributed by atoms with Crippen LogP contribution < -0.4 is 0 Å². The Morgan fingerprint density at radius 3 is 2.58 bits per heavy atom. The van der Waals surface area contributed by atoms with Crippen LogP contribution in [0.15, 0.2) is 23.0 Å². The SMILES string of the molecule is C=C(C=O)SC(=C)CC(=O)OC. The Morgan fingerprint density at radius 2 is 2.17 bits per heavy atom. The quantitative estimate of drug-likeness (QED) is 0.371. The van der Waals surface area contributed by atoms with Gasteiger partial charge in [-0.3, -0.25) is 9.59 Å². The molecule has 0 fully saturated rings. The second kappa shape index (κ2) is 5.60. The van der Waals surface area contributed by atoms with Crippen LogP contribution in [0, 0.1) is 0 Å². The average Bonchev–Trinajstić information content (AvgIpc) is 2.03. The largest absolute Gasteiger partial charge is 0.469 e. The zero-order chi connectivity index (χ0) is 9.56. The molecule has 0 rings (SSSR count). The molecular weight excluding hydrogens is 176 g/mol. The van der Waals surface area contributed by atoms with E-state index in [2.05, 4.69) is 17.9 Å². The fourth-order valence-corrected chi connectivity index (χ4v) is 1.09. The Labute approximate surface area is 75.5 Å². The van der Waals surface area contributed by atoms with Gasteiger partial charge in [0.2, 0.25) is 0 Å². The summed E-state index contributed by atoms with van der Waals surface area (Å²) < 4.78 is 4.40. The first-order valence-electron chi connectivity index (χ1n) is 3.16. The Kier molecular flexibility index (Phi) is 5.12. The average molecular weight is 186 g/mol. The zero-order valence-electron chi connectivity index (χ0n) is 6.83. The molecule has 0 amide bonds. The summed E-state index contributed by atoms with van der Waals surface area (Å²) in [6, 6.07) is 0. The molecule has 0 aromatic carbocycles. The van der Waals surface area contributed by atoms with Crippen molar-refractivity contribution < 1.29 is 14.3 Å². The summed E-state index contributed by atoms with van der Waals surface area (Å²) in [7, 11) is 1.30. The lowest BCUT2D eigenvalue weighted by Crippen LogP contribution is -1.99. The molecule has 0 aliphatic rings. The van der Waals surface area contributed by atoms with Crippen LogP contribution in [0.4, 0.5) is 0 Å². The van der Waals surface area contributed by atoms with Crippen molar-refractivity contribution in [2.24, 2.45) is 0 Å². The highest BCUT2D eigenvalue weighted by Gasteiger charge is 2.05. The smallest absolute Gasteiger partial charge is 0.310 e. The van der Waals surface area contributed by atoms with E-state index in [1.807, 2.05) is 0 Å². The molecule has 0 bridgehead atoms. The Hall–Kier alpha value is -1.03. The molecule has 3 nitrogen and oxygen atoms in total. The molecule has 12 heavy (non-hydrogen) atoms. The minimum Gasteiger partial charge on any atom is -0.469 e. The topological polar surface area (TPSA) is 43.4 Å². The van der Waals surface area contributed by atoms with Crippen molar-refractivity contribution in [2.45, 2.75) is 6.42 Å². The number of hydrogen-bond acceptors (Lipinski definition) is 4. The molecule has 0 atom stereocenters. The Balaban J connectivity index is 3.82. The predicted molar refractivity (Wildman–Crippen MR) is 48.6 cm³/mol. The summed E-state index contributed by atoms with van der Waals surface area (Å²) >= 11 is 1.09. The van der Waals surface area contributed by atoms with Gasteiger partial charge in [0.05, 0.1) is 13.5 Å². The molecule has 66 valence electrons. The van der Waals surface area contributed by atoms with Crippen molar-refractivity contribution in [1.29, 1.82) is 0 Å². The van der Waals surface area contributed by atoms with Crippen molar-refractivity contribution >= 4 is 24.0 Å². The van der Waals surface area contributed by atoms with E-state index >= 15 is 0 Å². The molecule has 0 aromatic rings. The third-order valence-corrected chi connectivity index (χ3v) is 1.77. The maximum atomic E-state index is 10.7. The number of methoxy groups -OCH3 is 1. The molecule has 0 heterocycles. The van der Waals surface area contributed by atoms with Gasteiger partial charge in [-0.2, -0.15) is 0 Å². The van der Waals surface area contributed by atoms with Gasteiger partial charge in [-0.25, -0.2) is 0 Å². The maximum absolute atomic E-state index is 10.7. The van der Waals surface area contributed by atoms with E-state index in [-0.39, 0.29) is 12.4 Å². The van der Waals surface area contributed by atoms with E-state index in [4.69, 9.17) is 0 Å². The highest BCUT2D eigenvalue weighted by Crippen LogP contribution is 2.23. The minimum absolute atomic E-state index is 0.105. The molecule has 0 N–H and O–H groups in total. The summed E-state index contributed by atoms with van der Waals surface area (Å²) in [4.78, 5) is 21.7. The third-order valence-electron chi connectivity index (χ3n) is 0.976. The van der Waals surface area contributed by atoms with E-state index in [1.54, 1.807) is 0 Å². The van der Waals surface area contributed by atoms with Crippen molar-refractivity contribution in [3.8, 4) is 0 Å². The van der Waals surface area contributed by atoms with Crippen LogP contribution in [0.2, 0.25) is 0 Å². The van der Waals surface area contributed by atoms with Gasteiger partial charge in [0, 0.05) is 4.91 Å². The van der Waals surface area contributed by atoms with Crippen LogP contribution >= 0.6 is 11.8 Å². The van der Waals surface area contributed by atoms with E-state index in [0.717, 1.165) is 11.8 Å². The standard InChI is InChI=1S/C8H10O3S/c1-6(4-8(10)11-3)12-7(2)5-9/h5H,1-2,4H2,3H3.